The van der Waals surface area contributed by atoms with E-state index in [4.69, 9.17) is 0 Å². The number of hydrogen-bond acceptors (Lipinski definition) is 4. The van der Waals surface area contributed by atoms with E-state index in [-0.39, 0.29) is 35.3 Å². The topological polar surface area (TPSA) is 83.6 Å². The summed E-state index contributed by atoms with van der Waals surface area (Å²) in [5, 5.41) is 3.01. The fourth-order valence-corrected chi connectivity index (χ4v) is 6.60. The summed E-state index contributed by atoms with van der Waals surface area (Å²) in [5.41, 5.74) is 1.17. The predicted molar refractivity (Wildman–Crippen MR) is 103 cm³/mol. The Balaban J connectivity index is 1.65. The third kappa shape index (κ3) is 2.87. The fourth-order valence-electron chi connectivity index (χ4n) is 5.11. The molecule has 1 spiro atoms. The van der Waals surface area contributed by atoms with Crippen molar-refractivity contribution in [2.24, 2.45) is 5.92 Å². The van der Waals surface area contributed by atoms with Crippen molar-refractivity contribution in [1.29, 1.82) is 0 Å². The molecular formula is C20H26N2O4S. The molecule has 1 aromatic rings. The summed E-state index contributed by atoms with van der Waals surface area (Å²) >= 11 is 0. The van der Waals surface area contributed by atoms with Gasteiger partial charge in [-0.05, 0) is 37.3 Å². The zero-order chi connectivity index (χ0) is 19.2. The number of nitrogens with one attached hydrogen (secondary N) is 1. The van der Waals surface area contributed by atoms with E-state index in [0.29, 0.717) is 25.8 Å². The number of carbonyl (C=O) groups excluding carboxylic acids is 2. The van der Waals surface area contributed by atoms with Crippen molar-refractivity contribution >= 4 is 27.3 Å². The minimum Gasteiger partial charge on any atom is -0.338 e. The molecule has 6 nitrogen and oxygen atoms in total. The molecule has 0 saturated carbocycles. The Morgan fingerprint density at radius 3 is 2.67 bits per heavy atom. The zero-order valence-corrected chi connectivity index (χ0v) is 16.4. The number of benzene rings is 1. The fraction of sp³-hybridized carbons (Fsp3) is 0.600. The Labute approximate surface area is 160 Å². The molecule has 7 heteroatoms. The van der Waals surface area contributed by atoms with Crippen molar-refractivity contribution in [3.8, 4) is 0 Å². The summed E-state index contributed by atoms with van der Waals surface area (Å²) in [7, 11) is -3.00. The number of sulfone groups is 1. The maximum absolute atomic E-state index is 13.3. The molecule has 0 unspecified atom stereocenters. The third-order valence-electron chi connectivity index (χ3n) is 6.50. The Morgan fingerprint density at radius 1 is 1.26 bits per heavy atom. The minimum absolute atomic E-state index is 0.0105. The minimum atomic E-state index is -3.00. The first kappa shape index (κ1) is 18.5. The van der Waals surface area contributed by atoms with Gasteiger partial charge in [0.2, 0.25) is 11.8 Å². The summed E-state index contributed by atoms with van der Waals surface area (Å²) in [6.45, 7) is 2.62. The van der Waals surface area contributed by atoms with Crippen LogP contribution in [0.25, 0.3) is 0 Å². The molecule has 4 rings (SSSR count). The van der Waals surface area contributed by atoms with Gasteiger partial charge in [-0.2, -0.15) is 0 Å². The van der Waals surface area contributed by atoms with Crippen molar-refractivity contribution in [3.05, 3.63) is 29.8 Å². The standard InChI is InChI=1S/C20H26N2O4S/c1-2-5-17-20(15-6-3-4-7-16(15)21-19(20)24)10-11-22(17)18(23)14-8-12-27(25,26)13-9-14/h3-4,6-7,14,17H,2,5,8-13H2,1H3,(H,21,24)/t17-,20+/m0/s1. The molecule has 3 aliphatic heterocycles. The Hall–Kier alpha value is -1.89. The smallest absolute Gasteiger partial charge is 0.237 e. The molecule has 2 amide bonds. The lowest BCUT2D eigenvalue weighted by Gasteiger charge is -2.36. The highest BCUT2D eigenvalue weighted by atomic mass is 32.2. The summed E-state index contributed by atoms with van der Waals surface area (Å²) in [4.78, 5) is 28.2. The highest BCUT2D eigenvalue weighted by molar-refractivity contribution is 7.91. The Kier molecular flexibility index (Phi) is 4.53. The molecule has 146 valence electrons. The second-order valence-corrected chi connectivity index (χ2v) is 10.3. The highest BCUT2D eigenvalue weighted by Crippen LogP contribution is 2.49. The van der Waals surface area contributed by atoms with Crippen LogP contribution in [0.2, 0.25) is 0 Å². The molecule has 0 radical (unpaired) electrons. The largest absolute Gasteiger partial charge is 0.338 e. The van der Waals surface area contributed by atoms with E-state index in [1.54, 1.807) is 0 Å². The van der Waals surface area contributed by atoms with Gasteiger partial charge >= 0.3 is 0 Å². The summed E-state index contributed by atoms with van der Waals surface area (Å²) in [6.07, 6.45) is 3.05. The lowest BCUT2D eigenvalue weighted by molar-refractivity contribution is -0.137. The van der Waals surface area contributed by atoms with Gasteiger partial charge in [0.15, 0.2) is 0 Å². The van der Waals surface area contributed by atoms with Crippen LogP contribution in [-0.4, -0.2) is 49.2 Å². The number of nitrogens with zero attached hydrogens (tertiary/aromatic N) is 1. The number of amides is 2. The van der Waals surface area contributed by atoms with Gasteiger partial charge in [-0.1, -0.05) is 31.5 Å². The molecule has 0 aliphatic carbocycles. The van der Waals surface area contributed by atoms with Crippen molar-refractivity contribution in [2.45, 2.75) is 50.5 Å². The number of rotatable bonds is 3. The molecule has 3 heterocycles. The molecular weight excluding hydrogens is 364 g/mol. The quantitative estimate of drug-likeness (QED) is 0.857. The van der Waals surface area contributed by atoms with Crippen molar-refractivity contribution < 1.29 is 18.0 Å². The number of hydrogen-bond donors (Lipinski definition) is 1. The summed E-state index contributed by atoms with van der Waals surface area (Å²) in [5.74, 6) is -0.0577. The molecule has 0 bridgehead atoms. The van der Waals surface area contributed by atoms with Crippen LogP contribution in [0.15, 0.2) is 24.3 Å². The van der Waals surface area contributed by atoms with Crippen LogP contribution in [-0.2, 0) is 24.8 Å². The lowest BCUT2D eigenvalue weighted by Crippen LogP contribution is -2.50. The first-order valence-corrected chi connectivity index (χ1v) is 11.6. The molecule has 2 atom stereocenters. The van der Waals surface area contributed by atoms with E-state index in [1.807, 2.05) is 29.2 Å². The predicted octanol–water partition coefficient (Wildman–Crippen LogP) is 2.10. The average Bonchev–Trinajstić information content (AvgIpc) is 3.15. The van der Waals surface area contributed by atoms with Crippen LogP contribution in [0.5, 0.6) is 0 Å². The molecule has 1 aromatic carbocycles. The van der Waals surface area contributed by atoms with Crippen molar-refractivity contribution in [3.63, 3.8) is 0 Å². The second kappa shape index (κ2) is 6.62. The molecule has 2 fully saturated rings. The number of para-hydroxylation sites is 1. The van der Waals surface area contributed by atoms with Crippen LogP contribution >= 0.6 is 0 Å². The van der Waals surface area contributed by atoms with Crippen molar-refractivity contribution in [1.82, 2.24) is 4.90 Å². The molecule has 0 aromatic heterocycles. The van der Waals surface area contributed by atoms with E-state index < -0.39 is 15.3 Å². The molecule has 1 N–H and O–H groups in total. The number of likely N-dealkylation sites (tertiary alicyclic amines) is 1. The van der Waals surface area contributed by atoms with Crippen LogP contribution in [0.4, 0.5) is 5.69 Å². The van der Waals surface area contributed by atoms with E-state index in [9.17, 15) is 18.0 Å². The van der Waals surface area contributed by atoms with E-state index in [1.165, 1.54) is 0 Å². The number of carbonyl (C=O) groups is 2. The maximum atomic E-state index is 13.3. The molecule has 27 heavy (non-hydrogen) atoms. The van der Waals surface area contributed by atoms with Crippen LogP contribution in [0, 0.1) is 5.92 Å². The van der Waals surface area contributed by atoms with Gasteiger partial charge in [0, 0.05) is 18.2 Å². The Morgan fingerprint density at radius 2 is 1.96 bits per heavy atom. The molecule has 3 aliphatic rings. The Bertz CT molecular complexity index is 868. The lowest BCUT2D eigenvalue weighted by atomic mass is 9.73. The summed E-state index contributed by atoms with van der Waals surface area (Å²) < 4.78 is 23.4. The van der Waals surface area contributed by atoms with Crippen LogP contribution < -0.4 is 5.32 Å². The average molecular weight is 391 g/mol. The van der Waals surface area contributed by atoms with Gasteiger partial charge in [0.05, 0.1) is 23.0 Å². The van der Waals surface area contributed by atoms with Crippen molar-refractivity contribution in [2.75, 3.05) is 23.4 Å². The summed E-state index contributed by atoms with van der Waals surface area (Å²) in [6, 6.07) is 7.60. The molecule has 2 saturated heterocycles. The van der Waals surface area contributed by atoms with Crippen LogP contribution in [0.1, 0.15) is 44.6 Å². The monoisotopic (exact) mass is 390 g/mol. The van der Waals surface area contributed by atoms with E-state index >= 15 is 0 Å². The maximum Gasteiger partial charge on any atom is 0.237 e. The number of fused-ring (bicyclic) bond motifs is 2. The normalized spacial score (nSPS) is 29.7. The highest BCUT2D eigenvalue weighted by Gasteiger charge is 2.58. The van der Waals surface area contributed by atoms with Gasteiger partial charge in [-0.15, -0.1) is 0 Å². The first-order chi connectivity index (χ1) is 12.9. The van der Waals surface area contributed by atoms with Gasteiger partial charge in [-0.3, -0.25) is 9.59 Å². The second-order valence-electron chi connectivity index (χ2n) is 7.98. The zero-order valence-electron chi connectivity index (χ0n) is 15.6. The van der Waals surface area contributed by atoms with E-state index in [2.05, 4.69) is 12.2 Å². The van der Waals surface area contributed by atoms with Gasteiger partial charge < -0.3 is 10.2 Å². The first-order valence-electron chi connectivity index (χ1n) is 9.81. The van der Waals surface area contributed by atoms with Gasteiger partial charge in [0.25, 0.3) is 0 Å². The van der Waals surface area contributed by atoms with E-state index in [0.717, 1.165) is 24.1 Å². The SMILES string of the molecule is CCC[C@@H]1N(C(=O)C2CCS(=O)(=O)CC2)CC[C@]12C(=O)Nc1ccccc12. The van der Waals surface area contributed by atoms with Crippen LogP contribution in [0.3, 0.4) is 0 Å². The van der Waals surface area contributed by atoms with Gasteiger partial charge in [0.1, 0.15) is 9.84 Å². The van der Waals surface area contributed by atoms with Gasteiger partial charge in [-0.25, -0.2) is 8.42 Å². The number of anilines is 1. The third-order valence-corrected chi connectivity index (χ3v) is 8.22.